The van der Waals surface area contributed by atoms with Gasteiger partial charge in [0.1, 0.15) is 5.82 Å². The predicted molar refractivity (Wildman–Crippen MR) is 88.4 cm³/mol. The lowest BCUT2D eigenvalue weighted by atomic mass is 10.1. The van der Waals surface area contributed by atoms with Gasteiger partial charge in [0.05, 0.1) is 24.7 Å². The molecule has 0 fully saturated rings. The van der Waals surface area contributed by atoms with E-state index in [1.807, 2.05) is 37.4 Å². The Hall–Kier alpha value is -2.75. The number of para-hydroxylation sites is 1. The molecule has 1 aromatic heterocycles. The number of methoxy groups -OCH3 is 1. The van der Waals surface area contributed by atoms with Crippen molar-refractivity contribution in [2.24, 2.45) is 0 Å². The van der Waals surface area contributed by atoms with Gasteiger partial charge in [0.15, 0.2) is 0 Å². The highest BCUT2D eigenvalue weighted by Crippen LogP contribution is 2.25. The van der Waals surface area contributed by atoms with Crippen LogP contribution < -0.4 is 5.32 Å². The van der Waals surface area contributed by atoms with Crippen molar-refractivity contribution in [1.82, 2.24) is 4.57 Å². The number of hydrogen-bond donors (Lipinski definition) is 1. The average molecular weight is 294 g/mol. The van der Waals surface area contributed by atoms with Crippen LogP contribution in [-0.2, 0) is 11.3 Å². The molecule has 0 aliphatic rings. The van der Waals surface area contributed by atoms with Crippen LogP contribution in [-0.4, -0.2) is 24.7 Å². The predicted octanol–water partition coefficient (Wildman–Crippen LogP) is 3.52. The number of anilines is 1. The van der Waals surface area contributed by atoms with Gasteiger partial charge in [-0.3, -0.25) is 0 Å². The lowest BCUT2D eigenvalue weighted by Gasteiger charge is -2.13. The van der Waals surface area contributed by atoms with E-state index in [-0.39, 0.29) is 5.97 Å². The van der Waals surface area contributed by atoms with Gasteiger partial charge in [-0.15, -0.1) is 0 Å². The number of nitrogens with zero attached hydrogens (tertiary/aromatic N) is 1. The van der Waals surface area contributed by atoms with Gasteiger partial charge in [-0.05, 0) is 23.8 Å². The fraction of sp³-hybridized carbons (Fsp3) is 0.167. The second-order valence-corrected chi connectivity index (χ2v) is 5.07. The molecule has 1 N–H and O–H groups in total. The zero-order valence-electron chi connectivity index (χ0n) is 12.7. The zero-order chi connectivity index (χ0) is 15.5. The average Bonchev–Trinajstić information content (AvgIpc) is 2.92. The summed E-state index contributed by atoms with van der Waals surface area (Å²) in [5.74, 6) is 0.707. The normalized spacial score (nSPS) is 10.6. The van der Waals surface area contributed by atoms with Crippen molar-refractivity contribution < 1.29 is 9.53 Å². The first-order chi connectivity index (χ1) is 10.7. The van der Waals surface area contributed by atoms with Gasteiger partial charge in [0.25, 0.3) is 0 Å². The first kappa shape index (κ1) is 14.2. The standard InChI is InChI=1S/C18H18N2O2/c1-19-17-11-13-7-4-6-10-16(13)20(17)12-14-8-3-5-9-15(14)18(21)22-2/h3-11,19H,12H2,1-2H3. The molecule has 0 amide bonds. The molecule has 0 aliphatic heterocycles. The molecule has 4 heteroatoms. The SMILES string of the molecule is CNc1cc2ccccc2n1Cc1ccccc1C(=O)OC. The number of ether oxygens (including phenoxy) is 1. The molecule has 0 saturated heterocycles. The molecule has 0 bridgehead atoms. The number of hydrogen-bond acceptors (Lipinski definition) is 3. The minimum absolute atomic E-state index is 0.307. The van der Waals surface area contributed by atoms with E-state index < -0.39 is 0 Å². The van der Waals surface area contributed by atoms with E-state index >= 15 is 0 Å². The second-order valence-electron chi connectivity index (χ2n) is 5.07. The number of carbonyl (C=O) groups excluding carboxylic acids is 1. The van der Waals surface area contributed by atoms with Gasteiger partial charge in [-0.25, -0.2) is 4.79 Å². The van der Waals surface area contributed by atoms with Crippen molar-refractivity contribution in [3.05, 3.63) is 65.7 Å². The van der Waals surface area contributed by atoms with Crippen LogP contribution in [0.5, 0.6) is 0 Å². The fourth-order valence-corrected chi connectivity index (χ4v) is 2.73. The fourth-order valence-electron chi connectivity index (χ4n) is 2.73. The first-order valence-corrected chi connectivity index (χ1v) is 7.17. The summed E-state index contributed by atoms with van der Waals surface area (Å²) in [4.78, 5) is 11.9. The smallest absolute Gasteiger partial charge is 0.338 e. The number of aromatic nitrogens is 1. The minimum Gasteiger partial charge on any atom is -0.465 e. The third kappa shape index (κ3) is 2.44. The molecule has 2 aromatic carbocycles. The van der Waals surface area contributed by atoms with Crippen molar-refractivity contribution >= 4 is 22.7 Å². The summed E-state index contributed by atoms with van der Waals surface area (Å²) < 4.78 is 7.04. The molecule has 22 heavy (non-hydrogen) atoms. The van der Waals surface area contributed by atoms with Crippen LogP contribution in [0.3, 0.4) is 0 Å². The third-order valence-corrected chi connectivity index (χ3v) is 3.82. The van der Waals surface area contributed by atoms with Crippen molar-refractivity contribution in [2.75, 3.05) is 19.5 Å². The minimum atomic E-state index is -0.307. The Kier molecular flexibility index (Phi) is 3.83. The Labute approximate surface area is 129 Å². The number of esters is 1. The van der Waals surface area contributed by atoms with Crippen molar-refractivity contribution in [3.63, 3.8) is 0 Å². The molecule has 0 saturated carbocycles. The van der Waals surface area contributed by atoms with E-state index in [1.165, 1.54) is 12.5 Å². The molecule has 3 rings (SSSR count). The van der Waals surface area contributed by atoms with E-state index in [2.05, 4.69) is 28.1 Å². The Bertz CT molecular complexity index is 821. The van der Waals surface area contributed by atoms with Crippen LogP contribution in [0.15, 0.2) is 54.6 Å². The molecule has 0 atom stereocenters. The lowest BCUT2D eigenvalue weighted by molar-refractivity contribution is 0.0599. The highest BCUT2D eigenvalue weighted by molar-refractivity contribution is 5.91. The number of benzene rings is 2. The number of fused-ring (bicyclic) bond motifs is 1. The van der Waals surface area contributed by atoms with Gasteiger partial charge in [-0.1, -0.05) is 36.4 Å². The quantitative estimate of drug-likeness (QED) is 0.749. The largest absolute Gasteiger partial charge is 0.465 e. The molecule has 0 radical (unpaired) electrons. The van der Waals surface area contributed by atoms with Gasteiger partial charge in [0.2, 0.25) is 0 Å². The monoisotopic (exact) mass is 294 g/mol. The highest BCUT2D eigenvalue weighted by Gasteiger charge is 2.14. The van der Waals surface area contributed by atoms with E-state index in [0.29, 0.717) is 12.1 Å². The zero-order valence-corrected chi connectivity index (χ0v) is 12.7. The summed E-state index contributed by atoms with van der Waals surface area (Å²) in [5.41, 5.74) is 2.67. The molecule has 1 heterocycles. The van der Waals surface area contributed by atoms with Crippen LogP contribution >= 0.6 is 0 Å². The summed E-state index contributed by atoms with van der Waals surface area (Å²) >= 11 is 0. The van der Waals surface area contributed by atoms with E-state index in [4.69, 9.17) is 4.74 Å². The van der Waals surface area contributed by atoms with E-state index in [9.17, 15) is 4.79 Å². The molecule has 3 aromatic rings. The van der Waals surface area contributed by atoms with Crippen LogP contribution in [0.2, 0.25) is 0 Å². The molecule has 0 aliphatic carbocycles. The van der Waals surface area contributed by atoms with Gasteiger partial charge in [0, 0.05) is 12.4 Å². The summed E-state index contributed by atoms with van der Waals surface area (Å²) in [6, 6.07) is 17.9. The summed E-state index contributed by atoms with van der Waals surface area (Å²) in [6.45, 7) is 0.606. The molecule has 112 valence electrons. The van der Waals surface area contributed by atoms with Gasteiger partial charge >= 0.3 is 5.97 Å². The molecule has 4 nitrogen and oxygen atoms in total. The molecular weight excluding hydrogens is 276 g/mol. The van der Waals surface area contributed by atoms with Crippen molar-refractivity contribution in [3.8, 4) is 0 Å². The van der Waals surface area contributed by atoms with Gasteiger partial charge in [-0.2, -0.15) is 0 Å². The topological polar surface area (TPSA) is 43.3 Å². The first-order valence-electron chi connectivity index (χ1n) is 7.17. The number of carbonyl (C=O) groups is 1. The van der Waals surface area contributed by atoms with Gasteiger partial charge < -0.3 is 14.6 Å². The van der Waals surface area contributed by atoms with E-state index in [1.54, 1.807) is 6.07 Å². The Morgan fingerprint density at radius 2 is 1.86 bits per heavy atom. The highest BCUT2D eigenvalue weighted by atomic mass is 16.5. The third-order valence-electron chi connectivity index (χ3n) is 3.82. The Morgan fingerprint density at radius 3 is 2.64 bits per heavy atom. The van der Waals surface area contributed by atoms with E-state index in [0.717, 1.165) is 16.9 Å². The van der Waals surface area contributed by atoms with Crippen molar-refractivity contribution in [2.45, 2.75) is 6.54 Å². The molecule has 0 unspecified atom stereocenters. The summed E-state index contributed by atoms with van der Waals surface area (Å²) in [7, 11) is 3.31. The maximum Gasteiger partial charge on any atom is 0.338 e. The summed E-state index contributed by atoms with van der Waals surface area (Å²) in [5, 5.41) is 4.38. The van der Waals surface area contributed by atoms with Crippen LogP contribution in [0.1, 0.15) is 15.9 Å². The molecule has 0 spiro atoms. The molecular formula is C18H18N2O2. The number of rotatable bonds is 4. The van der Waals surface area contributed by atoms with Crippen LogP contribution in [0, 0.1) is 0 Å². The summed E-state index contributed by atoms with van der Waals surface area (Å²) in [6.07, 6.45) is 0. The maximum absolute atomic E-state index is 11.9. The second kappa shape index (κ2) is 5.93. The Morgan fingerprint density at radius 1 is 1.14 bits per heavy atom. The van der Waals surface area contributed by atoms with Crippen molar-refractivity contribution in [1.29, 1.82) is 0 Å². The lowest BCUT2D eigenvalue weighted by Crippen LogP contribution is -2.10. The van der Waals surface area contributed by atoms with Crippen LogP contribution in [0.25, 0.3) is 10.9 Å². The van der Waals surface area contributed by atoms with Crippen LogP contribution in [0.4, 0.5) is 5.82 Å². The maximum atomic E-state index is 11.9. The number of nitrogens with one attached hydrogen (secondary N) is 1. The Balaban J connectivity index is 2.09.